The maximum atomic E-state index is 13.8. The van der Waals surface area contributed by atoms with Crippen molar-refractivity contribution in [3.63, 3.8) is 0 Å². The van der Waals surface area contributed by atoms with Crippen LogP contribution in [0.4, 0.5) is 13.6 Å². The highest BCUT2D eigenvalue weighted by Crippen LogP contribution is 2.47. The first-order valence-electron chi connectivity index (χ1n) is 14.0. The summed E-state index contributed by atoms with van der Waals surface area (Å²) in [5, 5.41) is 16.7. The maximum Gasteiger partial charge on any atom is 0.405 e. The van der Waals surface area contributed by atoms with Crippen molar-refractivity contribution in [2.75, 3.05) is 6.54 Å². The van der Waals surface area contributed by atoms with Crippen molar-refractivity contribution in [3.05, 3.63) is 0 Å². The molecular weight excluding hydrogens is 526 g/mol. The quantitative estimate of drug-likeness (QED) is 0.311. The minimum atomic E-state index is -3.13. The van der Waals surface area contributed by atoms with Gasteiger partial charge in [-0.1, -0.05) is 40.0 Å². The molecule has 1 saturated heterocycles. The second kappa shape index (κ2) is 12.4. The van der Waals surface area contributed by atoms with Crippen molar-refractivity contribution < 1.29 is 37.9 Å². The van der Waals surface area contributed by atoms with Crippen molar-refractivity contribution in [1.29, 1.82) is 0 Å². The number of amides is 4. The lowest BCUT2D eigenvalue weighted by Gasteiger charge is -2.36. The first-order chi connectivity index (χ1) is 18.1. The molecule has 12 heteroatoms. The number of carboxylic acid groups (broad SMARTS) is 1. The van der Waals surface area contributed by atoms with Gasteiger partial charge in [0.05, 0.1) is 6.04 Å². The van der Waals surface area contributed by atoms with Crippen LogP contribution in [0.25, 0.3) is 0 Å². The summed E-state index contributed by atoms with van der Waals surface area (Å²) in [7, 11) is 0. The van der Waals surface area contributed by atoms with Gasteiger partial charge in [-0.25, -0.2) is 13.6 Å². The lowest BCUT2D eigenvalue weighted by Crippen LogP contribution is -2.59. The molecule has 2 aliphatic rings. The zero-order valence-corrected chi connectivity index (χ0v) is 24.8. The Kier molecular flexibility index (Phi) is 10.3. The third kappa shape index (κ3) is 9.40. The molecule has 10 nitrogen and oxygen atoms in total. The molecule has 0 aromatic carbocycles. The Labute approximate surface area is 235 Å². The van der Waals surface area contributed by atoms with E-state index in [1.54, 1.807) is 41.5 Å². The van der Waals surface area contributed by atoms with E-state index >= 15 is 0 Å². The number of carbonyl (C=O) groups excluding carboxylic acids is 4. The van der Waals surface area contributed by atoms with Crippen LogP contribution in [0, 0.1) is 10.8 Å². The number of hydrogen-bond donors (Lipinski definition) is 4. The van der Waals surface area contributed by atoms with E-state index in [1.165, 1.54) is 4.90 Å². The van der Waals surface area contributed by atoms with Crippen LogP contribution >= 0.6 is 0 Å². The number of nitrogens with one attached hydrogen (secondary N) is 3. The highest BCUT2D eigenvalue weighted by atomic mass is 19.3. The van der Waals surface area contributed by atoms with Gasteiger partial charge in [-0.2, -0.15) is 0 Å². The molecular formula is C28H46F2N4O6. The van der Waals surface area contributed by atoms with Gasteiger partial charge in [0.2, 0.25) is 23.5 Å². The number of hydrogen-bond acceptors (Lipinski definition) is 5. The van der Waals surface area contributed by atoms with Gasteiger partial charge in [0.1, 0.15) is 12.1 Å². The molecule has 4 N–H and O–H groups in total. The SMILES string of the molecule is CC(F)(F)CC[C@H](NC(=O)[C@@H]1CC2(CCCCC2)CN1C(=O)[C@@H](NC(=O)O)C(C)(C)C)C(=O)C(=O)NC(C)(C)C. The average molecular weight is 573 g/mol. The molecule has 2 rings (SSSR count). The van der Waals surface area contributed by atoms with Crippen molar-refractivity contribution in [2.24, 2.45) is 10.8 Å². The first kappa shape index (κ1) is 33.4. The van der Waals surface area contributed by atoms with E-state index in [1.807, 2.05) is 0 Å². The number of likely N-dealkylation sites (tertiary alicyclic amines) is 1. The van der Waals surface area contributed by atoms with Crippen molar-refractivity contribution in [2.45, 2.75) is 129 Å². The Hall–Kier alpha value is -2.79. The van der Waals surface area contributed by atoms with E-state index in [4.69, 9.17) is 0 Å². The van der Waals surface area contributed by atoms with Crippen LogP contribution in [0.5, 0.6) is 0 Å². The molecule has 1 saturated carbocycles. The standard InChI is InChI=1S/C28H46F2N4O6/c1-25(2,3)20(32-24(39)40)23(38)34-16-28(12-9-8-10-13-28)15-18(34)21(36)31-17(11-14-27(7,29)30)19(35)22(37)33-26(4,5)6/h17-18,20,32H,8-16H2,1-7H3,(H,31,36)(H,33,37)(H,39,40)/t17-,18-,20+/m0/s1. The number of halogens is 2. The van der Waals surface area contributed by atoms with Crippen LogP contribution < -0.4 is 16.0 Å². The molecule has 1 aliphatic heterocycles. The third-order valence-electron chi connectivity index (χ3n) is 7.61. The molecule has 40 heavy (non-hydrogen) atoms. The molecule has 0 aromatic heterocycles. The molecule has 4 amide bonds. The van der Waals surface area contributed by atoms with Crippen LogP contribution in [-0.4, -0.2) is 75.7 Å². The number of ketones is 1. The van der Waals surface area contributed by atoms with Gasteiger partial charge in [-0.15, -0.1) is 0 Å². The molecule has 0 radical (unpaired) electrons. The first-order valence-corrected chi connectivity index (χ1v) is 14.0. The summed E-state index contributed by atoms with van der Waals surface area (Å²) in [6.45, 7) is 11.0. The molecule has 0 bridgehead atoms. The van der Waals surface area contributed by atoms with Gasteiger partial charge in [0, 0.05) is 18.5 Å². The summed E-state index contributed by atoms with van der Waals surface area (Å²) in [4.78, 5) is 66.1. The minimum absolute atomic E-state index is 0.244. The van der Waals surface area contributed by atoms with Gasteiger partial charge in [-0.3, -0.25) is 19.2 Å². The maximum absolute atomic E-state index is 13.8. The van der Waals surface area contributed by atoms with Crippen LogP contribution in [0.3, 0.4) is 0 Å². The molecule has 0 unspecified atom stereocenters. The highest BCUT2D eigenvalue weighted by molar-refractivity contribution is 6.38. The molecule has 1 heterocycles. The number of rotatable bonds is 9. The number of Topliss-reactive ketones (excluding diaryl/α,β-unsaturated/α-hetero) is 1. The van der Waals surface area contributed by atoms with Crippen LogP contribution in [-0.2, 0) is 19.2 Å². The fourth-order valence-electron chi connectivity index (χ4n) is 5.62. The van der Waals surface area contributed by atoms with Crippen molar-refractivity contribution >= 4 is 29.6 Å². The molecule has 2 fully saturated rings. The monoisotopic (exact) mass is 572 g/mol. The summed E-state index contributed by atoms with van der Waals surface area (Å²) in [6.07, 6.45) is 2.16. The van der Waals surface area contributed by atoms with Crippen LogP contribution in [0.2, 0.25) is 0 Å². The second-order valence-corrected chi connectivity index (χ2v) is 13.7. The normalized spacial score (nSPS) is 20.9. The summed E-state index contributed by atoms with van der Waals surface area (Å²) in [5.74, 6) is -6.46. The zero-order valence-electron chi connectivity index (χ0n) is 24.8. The average Bonchev–Trinajstić information content (AvgIpc) is 3.16. The Morgan fingerprint density at radius 1 is 0.950 bits per heavy atom. The van der Waals surface area contributed by atoms with Gasteiger partial charge in [0.15, 0.2) is 0 Å². The summed E-state index contributed by atoms with van der Waals surface area (Å²) in [5.41, 5.74) is -1.92. The van der Waals surface area contributed by atoms with Crippen LogP contribution in [0.1, 0.15) is 99.8 Å². The fourth-order valence-corrected chi connectivity index (χ4v) is 5.62. The summed E-state index contributed by atoms with van der Waals surface area (Å²) >= 11 is 0. The van der Waals surface area contributed by atoms with E-state index < -0.39 is 77.4 Å². The second-order valence-electron chi connectivity index (χ2n) is 13.7. The van der Waals surface area contributed by atoms with E-state index in [0.717, 1.165) is 32.1 Å². The number of carbonyl (C=O) groups is 5. The Morgan fingerprint density at radius 3 is 2.00 bits per heavy atom. The minimum Gasteiger partial charge on any atom is -0.465 e. The molecule has 228 valence electrons. The van der Waals surface area contributed by atoms with Crippen molar-refractivity contribution in [1.82, 2.24) is 20.9 Å². The highest BCUT2D eigenvalue weighted by Gasteiger charge is 2.51. The van der Waals surface area contributed by atoms with E-state index in [2.05, 4.69) is 16.0 Å². The molecule has 1 aliphatic carbocycles. The number of alkyl halides is 2. The molecule has 1 spiro atoms. The predicted molar refractivity (Wildman–Crippen MR) is 145 cm³/mol. The van der Waals surface area contributed by atoms with E-state index in [0.29, 0.717) is 13.3 Å². The van der Waals surface area contributed by atoms with Gasteiger partial charge < -0.3 is 26.0 Å². The predicted octanol–water partition coefficient (Wildman–Crippen LogP) is 3.62. The third-order valence-corrected chi connectivity index (χ3v) is 7.61. The molecule has 3 atom stereocenters. The van der Waals surface area contributed by atoms with E-state index in [9.17, 15) is 37.9 Å². The Bertz CT molecular complexity index is 977. The Morgan fingerprint density at radius 2 is 1.52 bits per heavy atom. The number of nitrogens with zero attached hydrogens (tertiary/aromatic N) is 1. The smallest absolute Gasteiger partial charge is 0.405 e. The van der Waals surface area contributed by atoms with Crippen molar-refractivity contribution in [3.8, 4) is 0 Å². The zero-order chi connectivity index (χ0) is 30.7. The van der Waals surface area contributed by atoms with Gasteiger partial charge in [-0.05, 0) is 64.2 Å². The fraction of sp³-hybridized carbons (Fsp3) is 0.821. The lowest BCUT2D eigenvalue weighted by molar-refractivity contribution is -0.144. The Balaban J connectivity index is 2.40. The topological polar surface area (TPSA) is 145 Å². The largest absolute Gasteiger partial charge is 0.465 e. The van der Waals surface area contributed by atoms with Crippen LogP contribution in [0.15, 0.2) is 0 Å². The lowest BCUT2D eigenvalue weighted by atomic mass is 9.72. The van der Waals surface area contributed by atoms with Gasteiger partial charge in [0.25, 0.3) is 5.91 Å². The molecule has 0 aromatic rings. The van der Waals surface area contributed by atoms with E-state index in [-0.39, 0.29) is 12.0 Å². The summed E-state index contributed by atoms with van der Waals surface area (Å²) < 4.78 is 27.5. The summed E-state index contributed by atoms with van der Waals surface area (Å²) in [6, 6.07) is -3.71. The van der Waals surface area contributed by atoms with Gasteiger partial charge >= 0.3 is 6.09 Å².